The molecule has 1 aromatic heterocycles. The summed E-state index contributed by atoms with van der Waals surface area (Å²) >= 11 is 0. The number of aryl methyl sites for hydroxylation is 2. The van der Waals surface area contributed by atoms with Crippen LogP contribution in [0.15, 0.2) is 40.8 Å². The van der Waals surface area contributed by atoms with Crippen LogP contribution in [0.2, 0.25) is 0 Å². The van der Waals surface area contributed by atoms with Crippen LogP contribution in [-0.2, 0) is 27.6 Å². The highest BCUT2D eigenvalue weighted by molar-refractivity contribution is 7.91. The molecular formula is C21H27NO5S. The van der Waals surface area contributed by atoms with Crippen molar-refractivity contribution in [3.63, 3.8) is 0 Å². The van der Waals surface area contributed by atoms with Crippen LogP contribution in [-0.4, -0.2) is 42.9 Å². The Balaban J connectivity index is 1.76. The second-order valence-corrected chi connectivity index (χ2v) is 9.52. The molecule has 0 aliphatic carbocycles. The lowest BCUT2D eigenvalue weighted by Crippen LogP contribution is -2.46. The largest absolute Gasteiger partial charge is 0.481 e. The van der Waals surface area contributed by atoms with Crippen molar-refractivity contribution < 1.29 is 22.4 Å². The standard InChI is InChI=1S/C21H27NO5S/c1-4-17-6-9-19(10-7-17)27-16(3)21(23)22(13-20-8-5-15(2)26-20)18-11-12-28(24,25)14-18/h5-10,16,18H,4,11-14H2,1-3H3/t16-,18+/m0/s1. The van der Waals surface area contributed by atoms with E-state index in [4.69, 9.17) is 9.15 Å². The molecule has 152 valence electrons. The first-order chi connectivity index (χ1) is 13.3. The molecule has 2 heterocycles. The minimum absolute atomic E-state index is 0.0175. The molecule has 28 heavy (non-hydrogen) atoms. The number of rotatable bonds is 7. The van der Waals surface area contributed by atoms with Gasteiger partial charge in [-0.05, 0) is 56.5 Å². The molecule has 0 saturated carbocycles. The number of ether oxygens (including phenoxy) is 1. The maximum absolute atomic E-state index is 13.1. The first-order valence-corrected chi connectivity index (χ1v) is 11.4. The zero-order valence-electron chi connectivity index (χ0n) is 16.6. The highest BCUT2D eigenvalue weighted by Crippen LogP contribution is 2.23. The van der Waals surface area contributed by atoms with E-state index in [1.54, 1.807) is 11.8 Å². The number of benzene rings is 1. The monoisotopic (exact) mass is 405 g/mol. The van der Waals surface area contributed by atoms with Gasteiger partial charge in [-0.1, -0.05) is 19.1 Å². The van der Waals surface area contributed by atoms with E-state index in [1.165, 1.54) is 5.56 Å². The van der Waals surface area contributed by atoms with Gasteiger partial charge in [0.1, 0.15) is 17.3 Å². The first-order valence-electron chi connectivity index (χ1n) is 9.59. The lowest BCUT2D eigenvalue weighted by molar-refractivity contribution is -0.140. The molecule has 7 heteroatoms. The average molecular weight is 406 g/mol. The topological polar surface area (TPSA) is 76.8 Å². The van der Waals surface area contributed by atoms with Crippen molar-refractivity contribution in [3.8, 4) is 5.75 Å². The Kier molecular flexibility index (Phi) is 6.13. The van der Waals surface area contributed by atoms with Crippen molar-refractivity contribution in [2.24, 2.45) is 0 Å². The smallest absolute Gasteiger partial charge is 0.264 e. The first kappa shape index (κ1) is 20.5. The summed E-state index contributed by atoms with van der Waals surface area (Å²) in [5.74, 6) is 1.85. The van der Waals surface area contributed by atoms with E-state index in [-0.39, 0.29) is 30.0 Å². The molecule has 0 unspecified atom stereocenters. The fourth-order valence-electron chi connectivity index (χ4n) is 3.44. The third kappa shape index (κ3) is 4.95. The van der Waals surface area contributed by atoms with Crippen LogP contribution in [0.5, 0.6) is 5.75 Å². The van der Waals surface area contributed by atoms with Gasteiger partial charge in [-0.15, -0.1) is 0 Å². The van der Waals surface area contributed by atoms with Gasteiger partial charge in [0, 0.05) is 6.04 Å². The van der Waals surface area contributed by atoms with Crippen LogP contribution in [0.4, 0.5) is 0 Å². The van der Waals surface area contributed by atoms with Crippen molar-refractivity contribution in [1.29, 1.82) is 0 Å². The second-order valence-electron chi connectivity index (χ2n) is 7.29. The molecule has 1 amide bonds. The average Bonchev–Trinajstić information content (AvgIpc) is 3.24. The van der Waals surface area contributed by atoms with Gasteiger partial charge in [-0.2, -0.15) is 0 Å². The fraction of sp³-hybridized carbons (Fsp3) is 0.476. The molecule has 0 bridgehead atoms. The van der Waals surface area contributed by atoms with Crippen molar-refractivity contribution in [1.82, 2.24) is 4.90 Å². The van der Waals surface area contributed by atoms with Gasteiger partial charge in [0.25, 0.3) is 5.91 Å². The van der Waals surface area contributed by atoms with Gasteiger partial charge >= 0.3 is 0 Å². The fourth-order valence-corrected chi connectivity index (χ4v) is 5.17. The lowest BCUT2D eigenvalue weighted by Gasteiger charge is -2.30. The Morgan fingerprint density at radius 1 is 1.25 bits per heavy atom. The number of nitrogens with zero attached hydrogens (tertiary/aromatic N) is 1. The molecule has 0 N–H and O–H groups in total. The highest BCUT2D eigenvalue weighted by Gasteiger charge is 2.37. The minimum Gasteiger partial charge on any atom is -0.481 e. The van der Waals surface area contributed by atoms with Crippen LogP contribution in [0.1, 0.15) is 37.4 Å². The number of amides is 1. The van der Waals surface area contributed by atoms with Gasteiger partial charge in [0.05, 0.1) is 18.1 Å². The molecule has 1 fully saturated rings. The summed E-state index contributed by atoms with van der Waals surface area (Å²) in [6.07, 6.45) is 0.638. The number of furan rings is 1. The normalized spacial score (nSPS) is 19.3. The summed E-state index contributed by atoms with van der Waals surface area (Å²) in [6.45, 7) is 5.84. The van der Waals surface area contributed by atoms with Gasteiger partial charge < -0.3 is 14.1 Å². The van der Waals surface area contributed by atoms with Crippen LogP contribution < -0.4 is 4.74 Å². The quantitative estimate of drug-likeness (QED) is 0.707. The molecule has 2 atom stereocenters. The third-order valence-corrected chi connectivity index (χ3v) is 6.80. The Bertz CT molecular complexity index is 917. The van der Waals surface area contributed by atoms with E-state index in [0.29, 0.717) is 17.9 Å². The number of hydrogen-bond acceptors (Lipinski definition) is 5. The summed E-state index contributed by atoms with van der Waals surface area (Å²) in [6, 6.07) is 10.9. The molecule has 1 aliphatic heterocycles. The Hall–Kier alpha value is -2.28. The Morgan fingerprint density at radius 2 is 1.96 bits per heavy atom. The molecule has 0 spiro atoms. The number of hydrogen-bond donors (Lipinski definition) is 0. The molecule has 1 saturated heterocycles. The maximum Gasteiger partial charge on any atom is 0.264 e. The van der Waals surface area contributed by atoms with E-state index in [9.17, 15) is 13.2 Å². The summed E-state index contributed by atoms with van der Waals surface area (Å²) in [7, 11) is -3.12. The Morgan fingerprint density at radius 3 is 2.50 bits per heavy atom. The molecule has 6 nitrogen and oxygen atoms in total. The second kappa shape index (κ2) is 8.39. The van der Waals surface area contributed by atoms with E-state index in [0.717, 1.165) is 12.2 Å². The van der Waals surface area contributed by atoms with Gasteiger partial charge in [-0.25, -0.2) is 8.42 Å². The van der Waals surface area contributed by atoms with Crippen LogP contribution in [0.3, 0.4) is 0 Å². The summed E-state index contributed by atoms with van der Waals surface area (Å²) < 4.78 is 35.4. The van der Waals surface area contributed by atoms with Crippen molar-refractivity contribution in [3.05, 3.63) is 53.5 Å². The highest BCUT2D eigenvalue weighted by atomic mass is 32.2. The zero-order valence-corrected chi connectivity index (χ0v) is 17.4. The predicted octanol–water partition coefficient (Wildman–Crippen LogP) is 3.13. The van der Waals surface area contributed by atoms with Crippen LogP contribution in [0, 0.1) is 6.92 Å². The molecular weight excluding hydrogens is 378 g/mol. The van der Waals surface area contributed by atoms with E-state index < -0.39 is 15.9 Å². The maximum atomic E-state index is 13.1. The number of carbonyl (C=O) groups excluding carboxylic acids is 1. The van der Waals surface area contributed by atoms with Gasteiger partial charge in [-0.3, -0.25) is 4.79 Å². The molecule has 3 rings (SSSR count). The molecule has 2 aromatic rings. The number of carbonyl (C=O) groups is 1. The van der Waals surface area contributed by atoms with Gasteiger partial charge in [0.15, 0.2) is 15.9 Å². The van der Waals surface area contributed by atoms with E-state index in [1.807, 2.05) is 43.3 Å². The zero-order chi connectivity index (χ0) is 20.3. The number of sulfone groups is 1. The summed E-state index contributed by atoms with van der Waals surface area (Å²) in [5, 5.41) is 0. The van der Waals surface area contributed by atoms with Crippen LogP contribution in [0.25, 0.3) is 0 Å². The van der Waals surface area contributed by atoms with Gasteiger partial charge in [0.2, 0.25) is 0 Å². The summed E-state index contributed by atoms with van der Waals surface area (Å²) in [4.78, 5) is 14.7. The van der Waals surface area contributed by atoms with Crippen molar-refractivity contribution in [2.75, 3.05) is 11.5 Å². The van der Waals surface area contributed by atoms with E-state index >= 15 is 0 Å². The molecule has 1 aliphatic rings. The van der Waals surface area contributed by atoms with Crippen LogP contribution >= 0.6 is 0 Å². The van der Waals surface area contributed by atoms with Crippen molar-refractivity contribution >= 4 is 15.7 Å². The third-order valence-electron chi connectivity index (χ3n) is 5.05. The summed E-state index contributed by atoms with van der Waals surface area (Å²) in [5.41, 5.74) is 1.19. The van der Waals surface area contributed by atoms with Crippen molar-refractivity contribution in [2.45, 2.75) is 52.3 Å². The lowest BCUT2D eigenvalue weighted by atomic mass is 10.1. The van der Waals surface area contributed by atoms with E-state index in [2.05, 4.69) is 6.92 Å². The molecule has 1 aromatic carbocycles. The Labute approximate surface area is 166 Å². The minimum atomic E-state index is -3.12. The SMILES string of the molecule is CCc1ccc(O[C@@H](C)C(=O)N(Cc2ccc(C)o2)[C@@H]2CCS(=O)(=O)C2)cc1. The predicted molar refractivity (Wildman–Crippen MR) is 107 cm³/mol. The molecule has 0 radical (unpaired) electrons.